The highest BCUT2D eigenvalue weighted by Gasteiger charge is 2.26. The summed E-state index contributed by atoms with van der Waals surface area (Å²) in [6, 6.07) is 12.1. The molecule has 0 aliphatic carbocycles. The van der Waals surface area contributed by atoms with Crippen molar-refractivity contribution >= 4 is 54.0 Å². The number of nitrogens with zero attached hydrogens (tertiary/aromatic N) is 1. The number of rotatable bonds is 7. The zero-order chi connectivity index (χ0) is 22.2. The van der Waals surface area contributed by atoms with Gasteiger partial charge in [0.2, 0.25) is 10.0 Å². The maximum atomic E-state index is 12.9. The second-order valence-electron chi connectivity index (χ2n) is 6.91. The summed E-state index contributed by atoms with van der Waals surface area (Å²) in [6.45, 7) is 0. The quantitative estimate of drug-likeness (QED) is 0.389. The summed E-state index contributed by atoms with van der Waals surface area (Å²) >= 11 is 1.35. The molecule has 0 fully saturated rings. The van der Waals surface area contributed by atoms with E-state index in [1.807, 2.05) is 6.07 Å². The summed E-state index contributed by atoms with van der Waals surface area (Å²) in [5.74, 6) is -0.328. The van der Waals surface area contributed by atoms with Gasteiger partial charge in [0.25, 0.3) is 0 Å². The summed E-state index contributed by atoms with van der Waals surface area (Å²) in [6.07, 6.45) is 1.55. The van der Waals surface area contributed by atoms with Crippen molar-refractivity contribution < 1.29 is 23.1 Å². The van der Waals surface area contributed by atoms with E-state index in [1.54, 1.807) is 36.5 Å². The molecular weight excluding hydrogens is 438 g/mol. The molecule has 10 heteroatoms. The fourth-order valence-electron chi connectivity index (χ4n) is 3.27. The molecule has 2 aromatic carbocycles. The van der Waals surface area contributed by atoms with E-state index in [0.717, 1.165) is 15.5 Å². The van der Waals surface area contributed by atoms with Crippen LogP contribution in [0.4, 0.5) is 5.82 Å². The average Bonchev–Trinajstić information content (AvgIpc) is 3.16. The number of nitrogen functional groups attached to an aromatic ring is 1. The van der Waals surface area contributed by atoms with Gasteiger partial charge in [-0.1, -0.05) is 12.1 Å². The van der Waals surface area contributed by atoms with Gasteiger partial charge in [-0.05, 0) is 47.2 Å². The van der Waals surface area contributed by atoms with Gasteiger partial charge in [-0.25, -0.2) is 13.4 Å². The number of benzene rings is 2. The van der Waals surface area contributed by atoms with Crippen LogP contribution < -0.4 is 15.2 Å². The van der Waals surface area contributed by atoms with Crippen molar-refractivity contribution in [3.8, 4) is 5.75 Å². The number of nitrogens with one attached hydrogen (secondary N) is 1. The Balaban J connectivity index is 1.62. The van der Waals surface area contributed by atoms with Crippen LogP contribution in [0.25, 0.3) is 20.9 Å². The number of anilines is 1. The molecule has 0 aliphatic heterocycles. The molecule has 0 saturated carbocycles. The lowest BCUT2D eigenvalue weighted by Gasteiger charge is -2.14. The van der Waals surface area contributed by atoms with E-state index in [0.29, 0.717) is 21.8 Å². The first-order valence-corrected chi connectivity index (χ1v) is 11.5. The average molecular weight is 458 g/mol. The molecule has 1 unspecified atom stereocenters. The molecule has 2 aromatic heterocycles. The van der Waals surface area contributed by atoms with Crippen molar-refractivity contribution in [2.75, 3.05) is 12.8 Å². The number of aromatic nitrogens is 1. The Morgan fingerprint density at radius 1 is 1.19 bits per heavy atom. The van der Waals surface area contributed by atoms with E-state index >= 15 is 0 Å². The zero-order valence-corrected chi connectivity index (χ0v) is 18.0. The molecule has 0 bridgehead atoms. The summed E-state index contributed by atoms with van der Waals surface area (Å²) in [5, 5.41) is 11.9. The Bertz CT molecular complexity index is 1400. The molecule has 31 heavy (non-hydrogen) atoms. The van der Waals surface area contributed by atoms with Gasteiger partial charge in [0.15, 0.2) is 0 Å². The number of hydrogen-bond acceptors (Lipinski definition) is 7. The highest BCUT2D eigenvalue weighted by molar-refractivity contribution is 7.89. The second-order valence-corrected chi connectivity index (χ2v) is 9.79. The summed E-state index contributed by atoms with van der Waals surface area (Å²) in [4.78, 5) is 16.5. The number of pyridine rings is 1. The minimum absolute atomic E-state index is 0.0191. The van der Waals surface area contributed by atoms with Crippen molar-refractivity contribution in [3.05, 3.63) is 59.6 Å². The van der Waals surface area contributed by atoms with Gasteiger partial charge < -0.3 is 15.6 Å². The van der Waals surface area contributed by atoms with Gasteiger partial charge in [-0.15, -0.1) is 11.3 Å². The van der Waals surface area contributed by atoms with Crippen molar-refractivity contribution in [1.82, 2.24) is 9.71 Å². The van der Waals surface area contributed by atoms with Crippen LogP contribution in [0.2, 0.25) is 0 Å². The van der Waals surface area contributed by atoms with Crippen LogP contribution in [0, 0.1) is 0 Å². The number of ether oxygens (including phenoxy) is 1. The standard InChI is InChI=1S/C21H19N3O5S2/c1-29-14-4-2-12-3-5-16(9-13(12)8-14)31(27,28)24-18(21(25)26)11-15-10-17-19(30-15)6-7-23-20(17)22/h2-10,18,24H,11H2,1H3,(H2,22,23)(H,25,26). The highest BCUT2D eigenvalue weighted by atomic mass is 32.2. The molecular formula is C21H19N3O5S2. The van der Waals surface area contributed by atoms with Gasteiger partial charge in [0.05, 0.1) is 12.0 Å². The topological polar surface area (TPSA) is 132 Å². The fraction of sp³-hybridized carbons (Fsp3) is 0.143. The van der Waals surface area contributed by atoms with Crippen LogP contribution in [0.3, 0.4) is 0 Å². The number of fused-ring (bicyclic) bond motifs is 2. The Labute approximate surface area is 182 Å². The largest absolute Gasteiger partial charge is 0.497 e. The third-order valence-corrected chi connectivity index (χ3v) is 7.45. The van der Waals surface area contributed by atoms with E-state index in [-0.39, 0.29) is 11.3 Å². The monoisotopic (exact) mass is 457 g/mol. The summed E-state index contributed by atoms with van der Waals surface area (Å²) in [5.41, 5.74) is 5.86. The van der Waals surface area contributed by atoms with Crippen LogP contribution >= 0.6 is 11.3 Å². The van der Waals surface area contributed by atoms with Gasteiger partial charge in [-0.3, -0.25) is 4.79 Å². The van der Waals surface area contributed by atoms with Crippen LogP contribution in [0.5, 0.6) is 5.75 Å². The molecule has 0 spiro atoms. The number of thiophene rings is 1. The Hall–Kier alpha value is -3.21. The number of sulfonamides is 1. The molecule has 0 radical (unpaired) electrons. The van der Waals surface area contributed by atoms with Crippen molar-refractivity contribution in [2.24, 2.45) is 0 Å². The fourth-order valence-corrected chi connectivity index (χ4v) is 5.61. The zero-order valence-electron chi connectivity index (χ0n) is 16.4. The number of carboxylic acids is 1. The van der Waals surface area contributed by atoms with E-state index in [2.05, 4.69) is 9.71 Å². The minimum Gasteiger partial charge on any atom is -0.497 e. The predicted molar refractivity (Wildman–Crippen MR) is 120 cm³/mol. The first-order valence-electron chi connectivity index (χ1n) is 9.22. The number of methoxy groups -OCH3 is 1. The summed E-state index contributed by atoms with van der Waals surface area (Å²) in [7, 11) is -2.55. The van der Waals surface area contributed by atoms with Gasteiger partial charge >= 0.3 is 5.97 Å². The van der Waals surface area contributed by atoms with Crippen LogP contribution in [-0.2, 0) is 21.2 Å². The van der Waals surface area contributed by atoms with Crippen molar-refractivity contribution in [3.63, 3.8) is 0 Å². The molecule has 8 nitrogen and oxygen atoms in total. The van der Waals surface area contributed by atoms with E-state index in [1.165, 1.54) is 30.6 Å². The lowest BCUT2D eigenvalue weighted by atomic mass is 10.1. The second kappa shape index (κ2) is 8.14. The SMILES string of the molecule is COc1ccc2ccc(S(=O)(=O)NC(Cc3cc4c(N)nccc4s3)C(=O)O)cc2c1. The number of carbonyl (C=O) groups is 1. The third kappa shape index (κ3) is 4.31. The maximum Gasteiger partial charge on any atom is 0.322 e. The van der Waals surface area contributed by atoms with E-state index < -0.39 is 22.0 Å². The van der Waals surface area contributed by atoms with E-state index in [9.17, 15) is 18.3 Å². The number of carboxylic acid groups (broad SMARTS) is 1. The molecule has 2 heterocycles. The van der Waals surface area contributed by atoms with Gasteiger partial charge in [-0.2, -0.15) is 4.72 Å². The van der Waals surface area contributed by atoms with Gasteiger partial charge in [0, 0.05) is 27.6 Å². The Morgan fingerprint density at radius 2 is 1.97 bits per heavy atom. The molecule has 160 valence electrons. The molecule has 4 aromatic rings. The lowest BCUT2D eigenvalue weighted by molar-refractivity contribution is -0.138. The Kier molecular flexibility index (Phi) is 5.52. The first kappa shape index (κ1) is 21.0. The van der Waals surface area contributed by atoms with Gasteiger partial charge in [0.1, 0.15) is 17.6 Å². The molecule has 4 rings (SSSR count). The Morgan fingerprint density at radius 3 is 2.68 bits per heavy atom. The van der Waals surface area contributed by atoms with Crippen molar-refractivity contribution in [1.29, 1.82) is 0 Å². The third-order valence-electron chi connectivity index (χ3n) is 4.86. The normalized spacial score (nSPS) is 12.8. The lowest BCUT2D eigenvalue weighted by Crippen LogP contribution is -2.42. The smallest absolute Gasteiger partial charge is 0.322 e. The van der Waals surface area contributed by atoms with Crippen LogP contribution in [0.1, 0.15) is 4.88 Å². The molecule has 4 N–H and O–H groups in total. The highest BCUT2D eigenvalue weighted by Crippen LogP contribution is 2.29. The number of aliphatic carboxylic acids is 1. The first-order chi connectivity index (χ1) is 14.8. The number of nitrogens with two attached hydrogens (primary N) is 1. The van der Waals surface area contributed by atoms with Crippen LogP contribution in [-0.4, -0.2) is 37.6 Å². The molecule has 0 saturated heterocycles. The number of hydrogen-bond donors (Lipinski definition) is 3. The molecule has 0 aliphatic rings. The van der Waals surface area contributed by atoms with Crippen LogP contribution in [0.15, 0.2) is 59.6 Å². The maximum absolute atomic E-state index is 12.9. The minimum atomic E-state index is -4.08. The predicted octanol–water partition coefficient (Wildman–Crippen LogP) is 3.01. The van der Waals surface area contributed by atoms with E-state index in [4.69, 9.17) is 10.5 Å². The van der Waals surface area contributed by atoms with Crippen molar-refractivity contribution in [2.45, 2.75) is 17.4 Å². The molecule has 0 amide bonds. The summed E-state index contributed by atoms with van der Waals surface area (Å²) < 4.78 is 34.2. The molecule has 1 atom stereocenters.